The van der Waals surface area contributed by atoms with Gasteiger partial charge in [0.2, 0.25) is 0 Å². The van der Waals surface area contributed by atoms with Crippen molar-refractivity contribution in [2.45, 2.75) is 20.5 Å². The number of aryl methyl sites for hydroxylation is 1. The average molecular weight is 287 g/mol. The average Bonchev–Trinajstić information content (AvgIpc) is 2.48. The summed E-state index contributed by atoms with van der Waals surface area (Å²) >= 11 is 0. The molecule has 0 bridgehead atoms. The van der Waals surface area contributed by atoms with Crippen molar-refractivity contribution < 1.29 is 9.66 Å². The van der Waals surface area contributed by atoms with E-state index in [-0.39, 0.29) is 5.69 Å². The van der Waals surface area contributed by atoms with Crippen LogP contribution in [0, 0.1) is 17.0 Å². The van der Waals surface area contributed by atoms with E-state index in [2.05, 4.69) is 10.3 Å². The molecule has 0 aliphatic carbocycles. The predicted molar refractivity (Wildman–Crippen MR) is 80.7 cm³/mol. The zero-order chi connectivity index (χ0) is 15.2. The largest absolute Gasteiger partial charge is 0.377 e. The molecule has 0 radical (unpaired) electrons. The summed E-state index contributed by atoms with van der Waals surface area (Å²) in [4.78, 5) is 14.3. The molecular weight excluding hydrogens is 270 g/mol. The van der Waals surface area contributed by atoms with Crippen LogP contribution in [0.1, 0.15) is 18.1 Å². The second-order valence-electron chi connectivity index (χ2n) is 4.58. The summed E-state index contributed by atoms with van der Waals surface area (Å²) in [6.07, 6.45) is 1.25. The van der Waals surface area contributed by atoms with Crippen LogP contribution in [-0.2, 0) is 11.3 Å². The van der Waals surface area contributed by atoms with Gasteiger partial charge < -0.3 is 10.1 Å². The van der Waals surface area contributed by atoms with Gasteiger partial charge in [0.05, 0.1) is 11.5 Å². The Morgan fingerprint density at radius 2 is 2.05 bits per heavy atom. The molecule has 0 aliphatic heterocycles. The monoisotopic (exact) mass is 287 g/mol. The van der Waals surface area contributed by atoms with Crippen LogP contribution in [0.3, 0.4) is 0 Å². The lowest BCUT2D eigenvalue weighted by molar-refractivity contribution is -0.385. The van der Waals surface area contributed by atoms with Crippen LogP contribution < -0.4 is 5.32 Å². The standard InChI is InChI=1S/C15H17N3O3/c1-3-21-10-12-4-6-13(7-5-12)17-15-11(2)8-14(9-16-15)18(19)20/h4-9H,3,10H2,1-2H3,(H,16,17). The van der Waals surface area contributed by atoms with E-state index < -0.39 is 4.92 Å². The number of hydrogen-bond donors (Lipinski definition) is 1. The topological polar surface area (TPSA) is 77.3 Å². The Morgan fingerprint density at radius 1 is 1.33 bits per heavy atom. The number of nitro groups is 1. The summed E-state index contributed by atoms with van der Waals surface area (Å²) in [6, 6.07) is 9.30. The molecular formula is C15H17N3O3. The Kier molecular flexibility index (Phi) is 4.84. The first-order chi connectivity index (χ1) is 10.1. The highest BCUT2D eigenvalue weighted by Crippen LogP contribution is 2.22. The molecule has 21 heavy (non-hydrogen) atoms. The fourth-order valence-corrected chi connectivity index (χ4v) is 1.83. The van der Waals surface area contributed by atoms with Crippen molar-refractivity contribution in [1.82, 2.24) is 4.98 Å². The molecule has 0 aliphatic rings. The normalized spacial score (nSPS) is 10.4. The lowest BCUT2D eigenvalue weighted by atomic mass is 10.2. The minimum Gasteiger partial charge on any atom is -0.377 e. The minimum absolute atomic E-state index is 0.00916. The van der Waals surface area contributed by atoms with E-state index in [1.807, 2.05) is 31.2 Å². The van der Waals surface area contributed by atoms with Gasteiger partial charge in [-0.1, -0.05) is 12.1 Å². The van der Waals surface area contributed by atoms with Gasteiger partial charge in [-0.3, -0.25) is 10.1 Å². The van der Waals surface area contributed by atoms with E-state index in [1.165, 1.54) is 12.3 Å². The second-order valence-corrected chi connectivity index (χ2v) is 4.58. The van der Waals surface area contributed by atoms with E-state index >= 15 is 0 Å². The van der Waals surface area contributed by atoms with Gasteiger partial charge in [-0.2, -0.15) is 0 Å². The summed E-state index contributed by atoms with van der Waals surface area (Å²) in [7, 11) is 0. The van der Waals surface area contributed by atoms with Crippen LogP contribution in [-0.4, -0.2) is 16.5 Å². The lowest BCUT2D eigenvalue weighted by Gasteiger charge is -2.09. The lowest BCUT2D eigenvalue weighted by Crippen LogP contribution is -1.99. The number of hydrogen-bond acceptors (Lipinski definition) is 5. The Balaban J connectivity index is 2.09. The van der Waals surface area contributed by atoms with Crippen LogP contribution in [0.4, 0.5) is 17.2 Å². The van der Waals surface area contributed by atoms with Crippen molar-refractivity contribution in [3.05, 3.63) is 57.8 Å². The van der Waals surface area contributed by atoms with Gasteiger partial charge in [-0.05, 0) is 37.1 Å². The third kappa shape index (κ3) is 4.00. The molecule has 2 aromatic rings. The predicted octanol–water partition coefficient (Wildman–Crippen LogP) is 3.58. The van der Waals surface area contributed by atoms with Gasteiger partial charge in [0, 0.05) is 18.4 Å². The fraction of sp³-hybridized carbons (Fsp3) is 0.267. The molecule has 1 aromatic carbocycles. The highest BCUT2D eigenvalue weighted by molar-refractivity contribution is 5.60. The highest BCUT2D eigenvalue weighted by Gasteiger charge is 2.09. The molecule has 0 saturated carbocycles. The number of rotatable bonds is 6. The van der Waals surface area contributed by atoms with E-state index in [0.29, 0.717) is 19.0 Å². The summed E-state index contributed by atoms with van der Waals surface area (Å²) in [5.74, 6) is 0.609. The minimum atomic E-state index is -0.452. The fourth-order valence-electron chi connectivity index (χ4n) is 1.83. The quantitative estimate of drug-likeness (QED) is 0.649. The molecule has 6 heteroatoms. The number of nitrogens with zero attached hydrogens (tertiary/aromatic N) is 2. The van der Waals surface area contributed by atoms with E-state index in [0.717, 1.165) is 16.8 Å². The van der Waals surface area contributed by atoms with Gasteiger partial charge in [0.25, 0.3) is 5.69 Å². The van der Waals surface area contributed by atoms with Gasteiger partial charge in [-0.15, -0.1) is 0 Å². The number of nitrogens with one attached hydrogen (secondary N) is 1. The Hall–Kier alpha value is -2.47. The molecule has 0 atom stereocenters. The molecule has 1 heterocycles. The van der Waals surface area contributed by atoms with Crippen LogP contribution in [0.2, 0.25) is 0 Å². The van der Waals surface area contributed by atoms with Gasteiger partial charge in [0.15, 0.2) is 0 Å². The number of pyridine rings is 1. The molecule has 2 rings (SSSR count). The van der Waals surface area contributed by atoms with E-state index in [9.17, 15) is 10.1 Å². The first kappa shape index (κ1) is 14.9. The van der Waals surface area contributed by atoms with Crippen LogP contribution in [0.5, 0.6) is 0 Å². The third-order valence-electron chi connectivity index (χ3n) is 2.96. The van der Waals surface area contributed by atoms with Gasteiger partial charge in [0.1, 0.15) is 12.0 Å². The summed E-state index contributed by atoms with van der Waals surface area (Å²) in [6.45, 7) is 5.02. The first-order valence-electron chi connectivity index (χ1n) is 6.65. The maximum atomic E-state index is 10.7. The van der Waals surface area contributed by atoms with Gasteiger partial charge >= 0.3 is 0 Å². The SMILES string of the molecule is CCOCc1ccc(Nc2ncc([N+](=O)[O-])cc2C)cc1. The highest BCUT2D eigenvalue weighted by atomic mass is 16.6. The maximum absolute atomic E-state index is 10.7. The van der Waals surface area contributed by atoms with Crippen LogP contribution >= 0.6 is 0 Å². The first-order valence-corrected chi connectivity index (χ1v) is 6.65. The molecule has 0 spiro atoms. The Labute approximate surface area is 122 Å². The molecule has 110 valence electrons. The number of anilines is 2. The Bertz CT molecular complexity index is 627. The number of benzene rings is 1. The van der Waals surface area contributed by atoms with Crippen molar-refractivity contribution in [1.29, 1.82) is 0 Å². The van der Waals surface area contributed by atoms with Crippen molar-refractivity contribution in [3.8, 4) is 0 Å². The van der Waals surface area contributed by atoms with Crippen molar-refractivity contribution in [2.24, 2.45) is 0 Å². The van der Waals surface area contributed by atoms with E-state index in [1.54, 1.807) is 6.92 Å². The molecule has 0 saturated heterocycles. The van der Waals surface area contributed by atoms with Crippen molar-refractivity contribution in [2.75, 3.05) is 11.9 Å². The van der Waals surface area contributed by atoms with Gasteiger partial charge in [-0.25, -0.2) is 4.98 Å². The molecule has 1 N–H and O–H groups in total. The summed E-state index contributed by atoms with van der Waals surface area (Å²) < 4.78 is 5.34. The molecule has 1 aromatic heterocycles. The smallest absolute Gasteiger partial charge is 0.287 e. The second kappa shape index (κ2) is 6.81. The van der Waals surface area contributed by atoms with Crippen LogP contribution in [0.25, 0.3) is 0 Å². The molecule has 0 unspecified atom stereocenters. The Morgan fingerprint density at radius 3 is 2.62 bits per heavy atom. The summed E-state index contributed by atoms with van der Waals surface area (Å²) in [5, 5.41) is 13.8. The molecule has 0 amide bonds. The number of ether oxygens (including phenoxy) is 1. The zero-order valence-electron chi connectivity index (χ0n) is 12.0. The van der Waals surface area contributed by atoms with Crippen molar-refractivity contribution in [3.63, 3.8) is 0 Å². The summed E-state index contributed by atoms with van der Waals surface area (Å²) in [5.41, 5.74) is 2.68. The van der Waals surface area contributed by atoms with E-state index in [4.69, 9.17) is 4.74 Å². The zero-order valence-corrected chi connectivity index (χ0v) is 12.0. The third-order valence-corrected chi connectivity index (χ3v) is 2.96. The van der Waals surface area contributed by atoms with Crippen LogP contribution in [0.15, 0.2) is 36.5 Å². The molecule has 0 fully saturated rings. The molecule has 6 nitrogen and oxygen atoms in total. The number of aromatic nitrogens is 1. The maximum Gasteiger partial charge on any atom is 0.287 e. The van der Waals surface area contributed by atoms with Crippen molar-refractivity contribution >= 4 is 17.2 Å².